The molecule has 0 nitrogen and oxygen atoms in total. The van der Waals surface area contributed by atoms with Crippen LogP contribution in [0.4, 0.5) is 0 Å². The Morgan fingerprint density at radius 3 is 2.06 bits per heavy atom. The number of hydrogen-bond acceptors (Lipinski definition) is 0. The molecule has 0 aliphatic heterocycles. The summed E-state index contributed by atoms with van der Waals surface area (Å²) in [6.45, 7) is 4.60. The lowest BCUT2D eigenvalue weighted by Gasteiger charge is -2.20. The van der Waals surface area contributed by atoms with E-state index < -0.39 is 0 Å². The van der Waals surface area contributed by atoms with Gasteiger partial charge < -0.3 is 0 Å². The molecule has 1 heteroatoms. The Bertz CT molecular complexity index is 1330. The first-order valence-electron chi connectivity index (χ1n) is 11.2. The molecule has 1 atom stereocenters. The first-order chi connectivity index (χ1) is 15.1. The third kappa shape index (κ3) is 2.94. The number of aryl methyl sites for hydroxylation is 1. The van der Waals surface area contributed by atoms with E-state index in [1.54, 1.807) is 0 Å². The second-order valence-corrected chi connectivity index (χ2v) is 10.0. The second kappa shape index (κ2) is 7.21. The van der Waals surface area contributed by atoms with Crippen LogP contribution in [-0.2, 0) is 0 Å². The van der Waals surface area contributed by atoms with E-state index in [1.807, 2.05) is 0 Å². The van der Waals surface area contributed by atoms with Gasteiger partial charge in [-0.2, -0.15) is 0 Å². The molecule has 0 radical (unpaired) electrons. The van der Waals surface area contributed by atoms with Crippen LogP contribution in [0.25, 0.3) is 28.0 Å². The summed E-state index contributed by atoms with van der Waals surface area (Å²) >= 11 is 3.66. The third-order valence-corrected chi connectivity index (χ3v) is 7.94. The van der Waals surface area contributed by atoms with Crippen molar-refractivity contribution in [2.45, 2.75) is 38.5 Å². The van der Waals surface area contributed by atoms with Gasteiger partial charge in [0.15, 0.2) is 0 Å². The number of benzene rings is 4. The zero-order valence-electron chi connectivity index (χ0n) is 18.0. The molecule has 4 aromatic rings. The van der Waals surface area contributed by atoms with Crippen molar-refractivity contribution in [1.82, 2.24) is 0 Å². The maximum Gasteiger partial charge on any atom is 0.0181 e. The minimum absolute atomic E-state index is 0.500. The monoisotopic (exact) mass is 464 g/mol. The van der Waals surface area contributed by atoms with E-state index in [1.165, 1.54) is 68.1 Å². The van der Waals surface area contributed by atoms with Crippen LogP contribution >= 0.6 is 15.9 Å². The quantitative estimate of drug-likeness (QED) is 0.283. The molecular formula is C30H25Br. The molecule has 1 unspecified atom stereocenters. The summed E-state index contributed by atoms with van der Waals surface area (Å²) in [5.41, 5.74) is 11.7. The Morgan fingerprint density at radius 1 is 0.710 bits per heavy atom. The molecule has 4 aromatic carbocycles. The van der Waals surface area contributed by atoms with Crippen LogP contribution in [0, 0.1) is 6.92 Å². The van der Waals surface area contributed by atoms with Gasteiger partial charge in [0.25, 0.3) is 0 Å². The summed E-state index contributed by atoms with van der Waals surface area (Å²) in [6, 6.07) is 27.1. The van der Waals surface area contributed by atoms with Crippen molar-refractivity contribution in [2.75, 3.05) is 0 Å². The molecule has 31 heavy (non-hydrogen) atoms. The van der Waals surface area contributed by atoms with Gasteiger partial charge in [0.2, 0.25) is 0 Å². The van der Waals surface area contributed by atoms with Crippen molar-refractivity contribution in [3.05, 3.63) is 111 Å². The lowest BCUT2D eigenvalue weighted by Crippen LogP contribution is -2.03. The van der Waals surface area contributed by atoms with Gasteiger partial charge in [0.1, 0.15) is 0 Å². The van der Waals surface area contributed by atoms with Crippen molar-refractivity contribution in [3.63, 3.8) is 0 Å². The Hall–Kier alpha value is -2.64. The highest BCUT2D eigenvalue weighted by Gasteiger charge is 2.31. The summed E-state index contributed by atoms with van der Waals surface area (Å²) in [6.07, 6.45) is 4.80. The summed E-state index contributed by atoms with van der Waals surface area (Å²) in [7, 11) is 0. The molecule has 2 aliphatic carbocycles. The van der Waals surface area contributed by atoms with Gasteiger partial charge in [-0.3, -0.25) is 0 Å². The summed E-state index contributed by atoms with van der Waals surface area (Å²) in [5, 5.41) is 2.71. The zero-order chi connectivity index (χ0) is 21.1. The molecule has 0 saturated carbocycles. The smallest absolute Gasteiger partial charge is 0.0181 e. The minimum atomic E-state index is 0.500. The van der Waals surface area contributed by atoms with Crippen LogP contribution in [0.1, 0.15) is 59.4 Å². The molecule has 152 valence electrons. The van der Waals surface area contributed by atoms with Crippen molar-refractivity contribution in [1.29, 1.82) is 0 Å². The highest BCUT2D eigenvalue weighted by molar-refractivity contribution is 9.10. The fourth-order valence-electron chi connectivity index (χ4n) is 5.94. The Kier molecular flexibility index (Phi) is 4.43. The average Bonchev–Trinajstić information content (AvgIpc) is 3.27. The lowest BCUT2D eigenvalue weighted by molar-refractivity contribution is 0.618. The summed E-state index contributed by atoms with van der Waals surface area (Å²) in [4.78, 5) is 0. The maximum atomic E-state index is 3.66. The minimum Gasteiger partial charge on any atom is -0.0652 e. The highest BCUT2D eigenvalue weighted by atomic mass is 79.9. The van der Waals surface area contributed by atoms with Crippen LogP contribution in [0.2, 0.25) is 0 Å². The van der Waals surface area contributed by atoms with E-state index in [0.29, 0.717) is 11.8 Å². The van der Waals surface area contributed by atoms with Gasteiger partial charge in [-0.25, -0.2) is 0 Å². The molecule has 0 heterocycles. The summed E-state index contributed by atoms with van der Waals surface area (Å²) < 4.78 is 1.15. The Labute approximate surface area is 192 Å². The van der Waals surface area contributed by atoms with E-state index in [4.69, 9.17) is 0 Å². The van der Waals surface area contributed by atoms with E-state index in [2.05, 4.69) is 109 Å². The molecule has 2 aliphatic rings. The predicted octanol–water partition coefficient (Wildman–Crippen LogP) is 9.00. The molecular weight excluding hydrogens is 440 g/mol. The van der Waals surface area contributed by atoms with E-state index in [-0.39, 0.29) is 0 Å². The standard InChI is InChI=1S/C30H25Br/c1-18-15-29-19(2)23-12-11-21(31)16-20(23)17-30(29)22(18)13-14-28-26-9-5-3-7-24(26)25-8-4-6-10-27(25)28/h3-12,15-17,22,28H,13-14H2,1-2H3. The van der Waals surface area contributed by atoms with Gasteiger partial charge in [0, 0.05) is 16.3 Å². The first kappa shape index (κ1) is 19.1. The normalized spacial score (nSPS) is 16.9. The molecule has 0 aromatic heterocycles. The lowest BCUT2D eigenvalue weighted by atomic mass is 9.84. The van der Waals surface area contributed by atoms with Crippen LogP contribution in [0.15, 0.2) is 82.8 Å². The predicted molar refractivity (Wildman–Crippen MR) is 136 cm³/mol. The first-order valence-corrected chi connectivity index (χ1v) is 12.0. The third-order valence-electron chi connectivity index (χ3n) is 7.45. The van der Waals surface area contributed by atoms with Crippen molar-refractivity contribution < 1.29 is 0 Å². The molecule has 0 spiro atoms. The van der Waals surface area contributed by atoms with Gasteiger partial charge >= 0.3 is 0 Å². The Balaban J connectivity index is 1.37. The average molecular weight is 465 g/mol. The van der Waals surface area contributed by atoms with E-state index in [0.717, 1.165) is 4.47 Å². The maximum absolute atomic E-state index is 3.66. The van der Waals surface area contributed by atoms with Crippen molar-refractivity contribution in [2.24, 2.45) is 0 Å². The van der Waals surface area contributed by atoms with E-state index >= 15 is 0 Å². The molecule has 0 bridgehead atoms. The van der Waals surface area contributed by atoms with Crippen LogP contribution in [0.5, 0.6) is 0 Å². The fraction of sp³-hybridized carbons (Fsp3) is 0.200. The van der Waals surface area contributed by atoms with Gasteiger partial charge in [0.05, 0.1) is 0 Å². The second-order valence-electron chi connectivity index (χ2n) is 9.12. The SMILES string of the molecule is CC1=Cc2c(cc3cc(Br)ccc3c2C)C1CCC1c2ccccc2-c2ccccc21. The molecule has 6 rings (SSSR count). The number of rotatable bonds is 3. The fourth-order valence-corrected chi connectivity index (χ4v) is 6.32. The van der Waals surface area contributed by atoms with Gasteiger partial charge in [-0.05, 0) is 94.6 Å². The van der Waals surface area contributed by atoms with Crippen LogP contribution in [0.3, 0.4) is 0 Å². The number of halogens is 1. The number of hydrogen-bond donors (Lipinski definition) is 0. The van der Waals surface area contributed by atoms with Crippen LogP contribution in [-0.4, -0.2) is 0 Å². The van der Waals surface area contributed by atoms with Crippen molar-refractivity contribution >= 4 is 32.8 Å². The molecule has 0 fully saturated rings. The largest absolute Gasteiger partial charge is 0.0652 e. The topological polar surface area (TPSA) is 0 Å². The molecule has 0 amide bonds. The highest BCUT2D eigenvalue weighted by Crippen LogP contribution is 2.49. The van der Waals surface area contributed by atoms with Gasteiger partial charge in [-0.15, -0.1) is 0 Å². The van der Waals surface area contributed by atoms with Gasteiger partial charge in [-0.1, -0.05) is 82.2 Å². The molecule has 0 saturated heterocycles. The number of fused-ring (bicyclic) bond motifs is 5. The Morgan fingerprint density at radius 2 is 1.35 bits per heavy atom. The van der Waals surface area contributed by atoms with Crippen molar-refractivity contribution in [3.8, 4) is 11.1 Å². The summed E-state index contributed by atoms with van der Waals surface area (Å²) in [5.74, 6) is 1.01. The number of allylic oxidation sites excluding steroid dienone is 1. The van der Waals surface area contributed by atoms with Crippen LogP contribution < -0.4 is 0 Å². The molecule has 0 N–H and O–H groups in total. The van der Waals surface area contributed by atoms with E-state index in [9.17, 15) is 0 Å². The zero-order valence-corrected chi connectivity index (χ0v) is 19.5.